The van der Waals surface area contributed by atoms with Gasteiger partial charge in [0, 0.05) is 56.6 Å². The van der Waals surface area contributed by atoms with Crippen molar-refractivity contribution in [1.82, 2.24) is 10.2 Å². The van der Waals surface area contributed by atoms with Crippen LogP contribution in [0.1, 0.15) is 85.0 Å². The van der Waals surface area contributed by atoms with Crippen LogP contribution in [0.15, 0.2) is 0 Å². The first-order chi connectivity index (χ1) is 14.9. The molecule has 8 heteroatoms. The van der Waals surface area contributed by atoms with Crippen molar-refractivity contribution in [3.63, 3.8) is 0 Å². The molecule has 1 amide bonds. The first-order valence-corrected chi connectivity index (χ1v) is 12.9. The second-order valence-electron chi connectivity index (χ2n) is 8.26. The summed E-state index contributed by atoms with van der Waals surface area (Å²) in [5.41, 5.74) is -0.390. The van der Waals surface area contributed by atoms with Gasteiger partial charge in [-0.3, -0.25) is 0 Å². The molecule has 210 valence electrons. The van der Waals surface area contributed by atoms with E-state index in [2.05, 4.69) is 16.0 Å². The van der Waals surface area contributed by atoms with Crippen LogP contribution in [-0.4, -0.2) is 69.0 Å². The quantitative estimate of drug-likeness (QED) is 0.285. The molecule has 0 bridgehead atoms. The van der Waals surface area contributed by atoms with Crippen LogP contribution >= 0.6 is 0 Å². The molecule has 4 fully saturated rings. The van der Waals surface area contributed by atoms with Gasteiger partial charge in [0.2, 0.25) is 0 Å². The van der Waals surface area contributed by atoms with Gasteiger partial charge in [-0.1, -0.05) is 62.8 Å². The van der Waals surface area contributed by atoms with Crippen molar-refractivity contribution in [3.05, 3.63) is 10.6 Å². The van der Waals surface area contributed by atoms with Crippen LogP contribution in [0.5, 0.6) is 0 Å². The van der Waals surface area contributed by atoms with Gasteiger partial charge in [0.25, 0.3) is 0 Å². The number of nitrogens with one attached hydrogen (secondary N) is 1. The first-order valence-electron chi connectivity index (χ1n) is 12.9. The predicted molar refractivity (Wildman–Crippen MR) is 145 cm³/mol. The number of ether oxygens (including phenoxy) is 1. The molecular weight excluding hydrogens is 768 g/mol. The summed E-state index contributed by atoms with van der Waals surface area (Å²) < 4.78 is 5.34. The molecule has 0 aromatic heterocycles. The number of carbonyl (C=O) groups excluding carboxylic acids is 1. The molecule has 34 heavy (non-hydrogen) atoms. The monoisotopic (exact) mass is 829 g/mol. The largest absolute Gasteiger partial charge is 0.662 e. The molecule has 0 spiro atoms. The van der Waals surface area contributed by atoms with E-state index in [0.29, 0.717) is 11.8 Å². The number of hydrogen-bond acceptors (Lipinski definition) is 3. The maximum Gasteiger partial charge on any atom is 0.410 e. The van der Waals surface area contributed by atoms with E-state index < -0.39 is 0 Å². The molecule has 0 aliphatic carbocycles. The van der Waals surface area contributed by atoms with E-state index in [1.54, 1.807) is 0 Å². The van der Waals surface area contributed by atoms with Gasteiger partial charge in [0.15, 0.2) is 0 Å². The molecule has 4 heterocycles. The van der Waals surface area contributed by atoms with Gasteiger partial charge < -0.3 is 25.6 Å². The summed E-state index contributed by atoms with van der Waals surface area (Å²) in [7, 11) is 0. The van der Waals surface area contributed by atoms with Gasteiger partial charge in [0.05, 0.1) is 0 Å². The average Bonchev–Trinajstić information content (AvgIpc) is 3.54. The number of hydrogen-bond donors (Lipinski definition) is 1. The molecule has 4 aliphatic rings. The van der Waals surface area contributed by atoms with Crippen molar-refractivity contribution in [2.75, 3.05) is 52.4 Å². The van der Waals surface area contributed by atoms with Crippen LogP contribution < -0.4 is 5.32 Å². The summed E-state index contributed by atoms with van der Waals surface area (Å²) in [5, 5.41) is 12.0. The van der Waals surface area contributed by atoms with Gasteiger partial charge in [-0.25, -0.2) is 4.79 Å². The molecule has 4 aliphatic heterocycles. The Balaban J connectivity index is -0.0000000910. The number of carbonyl (C=O) groups is 1. The minimum absolute atomic E-state index is 0. The Hall–Kier alpha value is 0.527. The summed E-state index contributed by atoms with van der Waals surface area (Å²) in [6.45, 7) is 29.9. The number of likely N-dealkylation sites (tertiary alicyclic amines) is 1. The van der Waals surface area contributed by atoms with E-state index >= 15 is 0 Å². The third kappa shape index (κ3) is 17.1. The summed E-state index contributed by atoms with van der Waals surface area (Å²) in [5.74, 6) is 2.96. The Kier molecular flexibility index (Phi) is 34.8. The Bertz CT molecular complexity index is 412. The zero-order chi connectivity index (χ0) is 24.4. The maximum absolute atomic E-state index is 11.8. The molecule has 0 radical (unpaired) electrons. The minimum Gasteiger partial charge on any atom is -0.662 e. The molecule has 0 aromatic carbocycles. The number of nitrogens with zero attached hydrogens (tertiary/aromatic N) is 3. The number of fused-ring (bicyclic) bond motifs is 2. The molecular formula is C26H60N4O2W2-2. The van der Waals surface area contributed by atoms with Crippen molar-refractivity contribution >= 4 is 6.09 Å². The van der Waals surface area contributed by atoms with Gasteiger partial charge >= 0.3 is 6.09 Å². The van der Waals surface area contributed by atoms with Gasteiger partial charge in [-0.2, -0.15) is 0 Å². The Morgan fingerprint density at radius 1 is 0.765 bits per heavy atom. The van der Waals surface area contributed by atoms with E-state index in [9.17, 15) is 4.79 Å². The zero-order valence-electron chi connectivity index (χ0n) is 23.4. The Labute approximate surface area is 244 Å². The molecule has 0 saturated carbocycles. The third-order valence-corrected chi connectivity index (χ3v) is 5.16. The molecule has 4 rings (SSSR count). The maximum atomic E-state index is 11.8. The van der Waals surface area contributed by atoms with Crippen molar-refractivity contribution < 1.29 is 53.1 Å². The Morgan fingerprint density at radius 2 is 1.09 bits per heavy atom. The number of rotatable bonds is 0. The van der Waals surface area contributed by atoms with Gasteiger partial charge in [-0.05, 0) is 57.5 Å². The molecule has 1 N–H and O–H groups in total. The van der Waals surface area contributed by atoms with E-state index in [1.165, 1.54) is 13.1 Å². The van der Waals surface area contributed by atoms with Crippen LogP contribution in [0.2, 0.25) is 0 Å². The summed E-state index contributed by atoms with van der Waals surface area (Å²) >= 11 is 0. The summed E-state index contributed by atoms with van der Waals surface area (Å²) in [6.07, 6.45) is -0.170. The SMILES string of the molecule is C.C1[N-]CC2CNCC12.CC.CC.CC.CC.CC(C)(C)OC(=O)N1CC2C[N-]CC2C1.[2HH].[W].[W]. The van der Waals surface area contributed by atoms with Crippen molar-refractivity contribution in [1.29, 1.82) is 0 Å². The third-order valence-electron chi connectivity index (χ3n) is 5.16. The molecule has 4 saturated heterocycles. The summed E-state index contributed by atoms with van der Waals surface area (Å²) in [6, 6.07) is 0. The van der Waals surface area contributed by atoms with Crippen molar-refractivity contribution in [2.24, 2.45) is 23.7 Å². The van der Waals surface area contributed by atoms with Crippen LogP contribution in [0.4, 0.5) is 4.79 Å². The normalized spacial score (nSPS) is 24.7. The van der Waals surface area contributed by atoms with E-state index in [1.807, 2.05) is 81.1 Å². The molecule has 4 atom stereocenters. The fraction of sp³-hybridized carbons (Fsp3) is 0.962. The van der Waals surface area contributed by atoms with E-state index in [0.717, 1.165) is 51.1 Å². The van der Waals surface area contributed by atoms with Gasteiger partial charge in [0.1, 0.15) is 5.60 Å². The van der Waals surface area contributed by atoms with Crippen LogP contribution in [0.25, 0.3) is 10.6 Å². The standard InChI is InChI=1S/C11H19N2O2.C6H11N2.4C2H6.CH4.2W.H2/c1-11(2,3)15-10(14)13-6-8-4-12-5-9(8)7-13;1-5-2-8-4-6(5)3-7-1;4*1-2;;;;/h8-9H,4-7H2,1-3H3;5-7H,1-4H2;4*1-2H3;1H4;;;1H/q2*-1;;;;;;;;/i;;;;;;;;;1+1. The summed E-state index contributed by atoms with van der Waals surface area (Å²) in [4.78, 5) is 13.6. The molecule has 4 unspecified atom stereocenters. The van der Waals surface area contributed by atoms with Crippen molar-refractivity contribution in [2.45, 2.75) is 89.2 Å². The van der Waals surface area contributed by atoms with E-state index in [-0.39, 0.29) is 62.7 Å². The molecule has 6 nitrogen and oxygen atoms in total. The Morgan fingerprint density at radius 3 is 1.41 bits per heavy atom. The van der Waals surface area contributed by atoms with Crippen LogP contribution in [0, 0.1) is 23.7 Å². The second kappa shape index (κ2) is 26.6. The fourth-order valence-electron chi connectivity index (χ4n) is 3.86. The fourth-order valence-corrected chi connectivity index (χ4v) is 3.86. The minimum atomic E-state index is -0.390. The van der Waals surface area contributed by atoms with Crippen LogP contribution in [0.3, 0.4) is 0 Å². The topological polar surface area (TPSA) is 69.8 Å². The van der Waals surface area contributed by atoms with Crippen LogP contribution in [-0.2, 0) is 46.9 Å². The second-order valence-corrected chi connectivity index (χ2v) is 8.26. The zero-order valence-corrected chi connectivity index (χ0v) is 29.3. The average molecular weight is 829 g/mol. The smallest absolute Gasteiger partial charge is 0.410 e. The van der Waals surface area contributed by atoms with E-state index in [4.69, 9.17) is 4.74 Å². The van der Waals surface area contributed by atoms with Gasteiger partial charge in [-0.15, -0.1) is 26.2 Å². The first kappa shape index (κ1) is 44.5. The molecule has 0 aromatic rings. The number of amides is 1. The van der Waals surface area contributed by atoms with Crippen molar-refractivity contribution in [3.8, 4) is 0 Å². The predicted octanol–water partition coefficient (Wildman–Crippen LogP) is 7.05.